The molecule has 3 N–H and O–H groups in total. The molecule has 1 atom stereocenters. The first-order valence-corrected chi connectivity index (χ1v) is 12.7. The van der Waals surface area contributed by atoms with Crippen LogP contribution in [0.25, 0.3) is 0 Å². The predicted octanol–water partition coefficient (Wildman–Crippen LogP) is 3.38. The lowest BCUT2D eigenvalue weighted by Crippen LogP contribution is -2.46. The van der Waals surface area contributed by atoms with E-state index >= 15 is 0 Å². The molecule has 1 saturated heterocycles. The molecule has 192 valence electrons. The monoisotopic (exact) mass is 494 g/mol. The summed E-state index contributed by atoms with van der Waals surface area (Å²) in [6, 6.07) is 12.1. The van der Waals surface area contributed by atoms with Crippen molar-refractivity contribution in [3.05, 3.63) is 59.3 Å². The van der Waals surface area contributed by atoms with Gasteiger partial charge in [0.1, 0.15) is 18.5 Å². The average molecular weight is 495 g/mol. The van der Waals surface area contributed by atoms with Gasteiger partial charge in [0.25, 0.3) is 0 Å². The molecule has 36 heavy (non-hydrogen) atoms. The number of anilines is 1. The van der Waals surface area contributed by atoms with Crippen LogP contribution in [-0.2, 0) is 33.8 Å². The van der Waals surface area contributed by atoms with Crippen LogP contribution in [0.15, 0.2) is 42.5 Å². The summed E-state index contributed by atoms with van der Waals surface area (Å²) in [5.41, 5.74) is 3.17. The van der Waals surface area contributed by atoms with Crippen LogP contribution in [0.3, 0.4) is 0 Å². The van der Waals surface area contributed by atoms with Crippen molar-refractivity contribution in [1.29, 1.82) is 0 Å². The van der Waals surface area contributed by atoms with Gasteiger partial charge in [-0.05, 0) is 61.6 Å². The molecule has 0 saturated carbocycles. The highest BCUT2D eigenvalue weighted by Crippen LogP contribution is 2.25. The predicted molar refractivity (Wildman–Crippen MR) is 134 cm³/mol. The molecule has 1 aromatic heterocycles. The molecular formula is C27H34N4O5. The highest BCUT2D eigenvalue weighted by atomic mass is 16.5. The number of ether oxygens (including phenoxy) is 1. The van der Waals surface area contributed by atoms with Crippen molar-refractivity contribution in [3.8, 4) is 0 Å². The third kappa shape index (κ3) is 7.19. The van der Waals surface area contributed by atoms with Crippen molar-refractivity contribution in [3.63, 3.8) is 0 Å². The standard InChI is InChI=1S/C27H34N4O5/c32-24(17-23(26(33)34)30-27(35)36-18-20-5-2-1-3-6-20)31-15-12-19(13-16-31)8-10-22-11-9-21-7-4-14-28-25(21)29-22/h1-3,5-6,9,11,19,23H,4,7-8,10,12-18H2,(H,28,29)(H,30,35)(H,33,34)/t23-/m0/s1. The van der Waals surface area contributed by atoms with Gasteiger partial charge in [-0.2, -0.15) is 0 Å². The summed E-state index contributed by atoms with van der Waals surface area (Å²) in [4.78, 5) is 42.9. The maximum absolute atomic E-state index is 12.7. The molecule has 0 unspecified atom stereocenters. The quantitative estimate of drug-likeness (QED) is 0.489. The minimum Gasteiger partial charge on any atom is -0.480 e. The second-order valence-electron chi connectivity index (χ2n) is 9.50. The van der Waals surface area contributed by atoms with Crippen molar-refractivity contribution in [2.45, 2.75) is 57.6 Å². The van der Waals surface area contributed by atoms with Crippen LogP contribution in [0.1, 0.15) is 48.9 Å². The normalized spacial score (nSPS) is 16.4. The maximum Gasteiger partial charge on any atom is 0.408 e. The van der Waals surface area contributed by atoms with Gasteiger partial charge in [0.2, 0.25) is 5.91 Å². The fraction of sp³-hybridized carbons (Fsp3) is 0.481. The molecule has 1 fully saturated rings. The molecule has 2 aromatic rings. The van der Waals surface area contributed by atoms with E-state index in [0.29, 0.717) is 19.0 Å². The summed E-state index contributed by atoms with van der Waals surface area (Å²) < 4.78 is 5.10. The molecule has 0 spiro atoms. The number of alkyl carbamates (subject to hydrolysis) is 1. The van der Waals surface area contributed by atoms with Crippen molar-refractivity contribution < 1.29 is 24.2 Å². The SMILES string of the molecule is O=C(N[C@@H](CC(=O)N1CCC(CCc2ccc3c(n2)NCCC3)CC1)C(=O)O)OCc1ccccc1. The number of rotatable bonds is 9. The minimum absolute atomic E-state index is 0.0258. The molecule has 0 radical (unpaired) electrons. The molecule has 0 bridgehead atoms. The highest BCUT2D eigenvalue weighted by molar-refractivity contribution is 5.87. The molecule has 9 heteroatoms. The van der Waals surface area contributed by atoms with Crippen molar-refractivity contribution in [2.75, 3.05) is 25.0 Å². The number of nitrogens with zero attached hydrogens (tertiary/aromatic N) is 2. The van der Waals surface area contributed by atoms with Gasteiger partial charge in [-0.15, -0.1) is 0 Å². The van der Waals surface area contributed by atoms with Gasteiger partial charge in [0.15, 0.2) is 0 Å². The smallest absolute Gasteiger partial charge is 0.408 e. The van der Waals surface area contributed by atoms with E-state index in [9.17, 15) is 19.5 Å². The Morgan fingerprint density at radius 2 is 1.92 bits per heavy atom. The maximum atomic E-state index is 12.7. The largest absolute Gasteiger partial charge is 0.480 e. The molecule has 0 aliphatic carbocycles. The molecule has 9 nitrogen and oxygen atoms in total. The van der Waals surface area contributed by atoms with E-state index in [1.165, 1.54) is 5.56 Å². The lowest BCUT2D eigenvalue weighted by atomic mass is 9.91. The molecule has 4 rings (SSSR count). The molecule has 3 heterocycles. The van der Waals surface area contributed by atoms with Gasteiger partial charge in [0.05, 0.1) is 6.42 Å². The number of aromatic nitrogens is 1. The van der Waals surface area contributed by atoms with E-state index in [-0.39, 0.29) is 18.9 Å². The van der Waals surface area contributed by atoms with Crippen LogP contribution < -0.4 is 10.6 Å². The molecule has 2 aliphatic heterocycles. The van der Waals surface area contributed by atoms with Crippen LogP contribution in [0, 0.1) is 5.92 Å². The molecule has 2 aliphatic rings. The van der Waals surface area contributed by atoms with Crippen LogP contribution in [0.2, 0.25) is 0 Å². The van der Waals surface area contributed by atoms with Gasteiger partial charge >= 0.3 is 12.1 Å². The topological polar surface area (TPSA) is 121 Å². The Kier molecular flexibility index (Phi) is 8.76. The van der Waals surface area contributed by atoms with E-state index in [2.05, 4.69) is 22.8 Å². The highest BCUT2D eigenvalue weighted by Gasteiger charge is 2.29. The van der Waals surface area contributed by atoms with Gasteiger partial charge in [-0.1, -0.05) is 36.4 Å². The fourth-order valence-corrected chi connectivity index (χ4v) is 4.74. The zero-order valence-electron chi connectivity index (χ0n) is 20.4. The van der Waals surface area contributed by atoms with Crippen LogP contribution in [0.5, 0.6) is 0 Å². The number of carbonyl (C=O) groups excluding carboxylic acids is 2. The Morgan fingerprint density at radius 1 is 1.14 bits per heavy atom. The fourth-order valence-electron chi connectivity index (χ4n) is 4.74. The zero-order chi connectivity index (χ0) is 25.3. The minimum atomic E-state index is -1.33. The number of aryl methyl sites for hydroxylation is 2. The number of pyridine rings is 1. The number of carbonyl (C=O) groups is 3. The first kappa shape index (κ1) is 25.5. The Hall–Kier alpha value is -3.62. The lowest BCUT2D eigenvalue weighted by molar-refractivity contribution is -0.143. The Bertz CT molecular complexity index is 1050. The number of benzene rings is 1. The van der Waals surface area contributed by atoms with E-state index < -0.39 is 18.1 Å². The zero-order valence-corrected chi connectivity index (χ0v) is 20.4. The summed E-state index contributed by atoms with van der Waals surface area (Å²) in [6.07, 6.45) is 4.74. The number of likely N-dealkylation sites (tertiary alicyclic amines) is 1. The van der Waals surface area contributed by atoms with E-state index in [4.69, 9.17) is 9.72 Å². The number of aliphatic carboxylic acids is 1. The number of nitrogens with one attached hydrogen (secondary N) is 2. The van der Waals surface area contributed by atoms with Crippen LogP contribution in [0.4, 0.5) is 10.6 Å². The van der Waals surface area contributed by atoms with Crippen LogP contribution >= 0.6 is 0 Å². The summed E-state index contributed by atoms with van der Waals surface area (Å²) in [7, 11) is 0. The van der Waals surface area contributed by atoms with E-state index in [1.807, 2.05) is 18.2 Å². The van der Waals surface area contributed by atoms with Crippen molar-refractivity contribution in [1.82, 2.24) is 15.2 Å². The number of hydrogen-bond donors (Lipinski definition) is 3. The Labute approximate surface area is 211 Å². The molecule has 1 aromatic carbocycles. The van der Waals surface area contributed by atoms with Gasteiger partial charge in [-0.3, -0.25) is 4.79 Å². The third-order valence-corrected chi connectivity index (χ3v) is 6.91. The van der Waals surface area contributed by atoms with E-state index in [0.717, 1.165) is 62.1 Å². The van der Waals surface area contributed by atoms with Crippen molar-refractivity contribution in [2.24, 2.45) is 5.92 Å². The number of piperidine rings is 1. The molecule has 2 amide bonds. The Balaban J connectivity index is 1.19. The van der Waals surface area contributed by atoms with Gasteiger partial charge in [0, 0.05) is 25.3 Å². The average Bonchev–Trinajstić information content (AvgIpc) is 2.91. The van der Waals surface area contributed by atoms with E-state index in [1.54, 1.807) is 17.0 Å². The van der Waals surface area contributed by atoms with Crippen molar-refractivity contribution >= 4 is 23.8 Å². The summed E-state index contributed by atoms with van der Waals surface area (Å²) in [5, 5.41) is 15.2. The number of hydrogen-bond acceptors (Lipinski definition) is 6. The summed E-state index contributed by atoms with van der Waals surface area (Å²) in [5.74, 6) is -0.0144. The number of amides is 2. The van der Waals surface area contributed by atoms with Gasteiger partial charge in [-0.25, -0.2) is 14.6 Å². The first-order valence-electron chi connectivity index (χ1n) is 12.7. The number of carboxylic acid groups (broad SMARTS) is 1. The van der Waals surface area contributed by atoms with Gasteiger partial charge < -0.3 is 25.4 Å². The lowest BCUT2D eigenvalue weighted by Gasteiger charge is -2.32. The summed E-state index contributed by atoms with van der Waals surface area (Å²) in [6.45, 7) is 2.18. The Morgan fingerprint density at radius 3 is 2.67 bits per heavy atom. The second-order valence-corrected chi connectivity index (χ2v) is 9.50. The molecular weight excluding hydrogens is 460 g/mol. The number of carboxylic acids is 1. The third-order valence-electron chi connectivity index (χ3n) is 6.91. The van der Waals surface area contributed by atoms with Crippen LogP contribution in [-0.4, -0.2) is 58.6 Å². The second kappa shape index (κ2) is 12.4. The first-order chi connectivity index (χ1) is 17.5. The number of fused-ring (bicyclic) bond motifs is 1. The summed E-state index contributed by atoms with van der Waals surface area (Å²) >= 11 is 0.